The van der Waals surface area contributed by atoms with Crippen molar-refractivity contribution in [2.75, 3.05) is 24.8 Å². The van der Waals surface area contributed by atoms with Gasteiger partial charge >= 0.3 is 5.97 Å². The minimum absolute atomic E-state index is 0. The van der Waals surface area contributed by atoms with Crippen LogP contribution in [0.2, 0.25) is 0 Å². The van der Waals surface area contributed by atoms with E-state index in [2.05, 4.69) is 29.6 Å². The summed E-state index contributed by atoms with van der Waals surface area (Å²) in [6.07, 6.45) is 8.12. The third-order valence-corrected chi connectivity index (χ3v) is 10.6. The molecule has 0 saturated carbocycles. The Morgan fingerprint density at radius 3 is 2.48 bits per heavy atom. The Labute approximate surface area is 203 Å². The molecule has 0 spiro atoms. The molecule has 1 aliphatic rings. The fourth-order valence-corrected chi connectivity index (χ4v) is 8.86. The molecule has 1 saturated heterocycles. The third kappa shape index (κ3) is 6.62. The zero-order chi connectivity index (χ0) is 20.0. The van der Waals surface area contributed by atoms with Gasteiger partial charge in [0.05, 0.1) is 37.1 Å². The molecular weight excluding hydrogens is 478 g/mol. The third-order valence-electron chi connectivity index (χ3n) is 5.28. The Hall–Kier alpha value is -0.736. The van der Waals surface area contributed by atoms with E-state index >= 15 is 0 Å². The minimum Gasteiger partial charge on any atom is -0.858 e. The zero-order valence-electron chi connectivity index (χ0n) is 17.1. The molecule has 4 nitrogen and oxygen atoms in total. The molecular formula is C22H28NO3PSY. The van der Waals surface area contributed by atoms with Gasteiger partial charge in [-0.15, -0.1) is 11.3 Å². The van der Waals surface area contributed by atoms with Gasteiger partial charge in [0, 0.05) is 40.0 Å². The number of esters is 1. The van der Waals surface area contributed by atoms with Crippen LogP contribution in [-0.2, 0) is 43.6 Å². The van der Waals surface area contributed by atoms with E-state index in [1.165, 1.54) is 49.7 Å². The average molecular weight is 506 g/mol. The number of benzene rings is 1. The SMILES string of the molecule is COC(=O)c1scc(C)c1NC([O-])=C[P+]1(Cc2ccccc2)CCCCCC1.[Y]. The molecule has 0 amide bonds. The van der Waals surface area contributed by atoms with E-state index in [-0.39, 0.29) is 38.6 Å². The number of ether oxygens (including phenoxy) is 1. The van der Waals surface area contributed by atoms with Crippen LogP contribution in [-0.4, -0.2) is 25.4 Å². The molecule has 29 heavy (non-hydrogen) atoms. The topological polar surface area (TPSA) is 61.4 Å². The van der Waals surface area contributed by atoms with Gasteiger partial charge in [-0.3, -0.25) is 0 Å². The standard InChI is InChI=1S/C22H28NO3PS.Y/c1-17-16-28-21(22(25)26-2)20(17)23-19(24)15-27(12-8-3-4-9-13-27)14-18-10-6-5-7-11-18;/h5-7,10-11,15-16H,3-4,8-9,12-14H2,1-2H3,(H-,23,24,25);. The summed E-state index contributed by atoms with van der Waals surface area (Å²) in [6, 6.07) is 10.5. The fraction of sp³-hybridized carbons (Fsp3) is 0.409. The van der Waals surface area contributed by atoms with Crippen LogP contribution >= 0.6 is 18.6 Å². The summed E-state index contributed by atoms with van der Waals surface area (Å²) in [5, 5.41) is 17.9. The maximum Gasteiger partial charge on any atom is 0.350 e. The summed E-state index contributed by atoms with van der Waals surface area (Å²) in [6.45, 7) is 1.90. The number of carbonyl (C=O) groups is 1. The van der Waals surface area contributed by atoms with Gasteiger partial charge in [-0.1, -0.05) is 30.3 Å². The molecule has 0 atom stereocenters. The Bertz CT molecular complexity index is 830. The van der Waals surface area contributed by atoms with E-state index in [0.717, 1.165) is 24.0 Å². The summed E-state index contributed by atoms with van der Waals surface area (Å²) in [5.74, 6) is 1.50. The first-order valence-electron chi connectivity index (χ1n) is 9.76. The number of nitrogens with one attached hydrogen (secondary N) is 1. The second-order valence-electron chi connectivity index (χ2n) is 7.46. The van der Waals surface area contributed by atoms with Gasteiger partial charge in [-0.25, -0.2) is 4.79 Å². The second kappa shape index (κ2) is 11.6. The second-order valence-corrected chi connectivity index (χ2v) is 12.2. The Kier molecular flexibility index (Phi) is 9.81. The van der Waals surface area contributed by atoms with E-state index in [1.54, 1.807) is 0 Å². The number of rotatable bonds is 6. The number of hydrogen-bond donors (Lipinski definition) is 1. The van der Waals surface area contributed by atoms with Crippen LogP contribution in [0.3, 0.4) is 0 Å². The monoisotopic (exact) mass is 506 g/mol. The van der Waals surface area contributed by atoms with Crippen molar-refractivity contribution in [2.24, 2.45) is 0 Å². The Morgan fingerprint density at radius 2 is 1.86 bits per heavy atom. The van der Waals surface area contributed by atoms with Gasteiger partial charge in [0.25, 0.3) is 0 Å². The van der Waals surface area contributed by atoms with Crippen LogP contribution in [0.4, 0.5) is 5.69 Å². The summed E-state index contributed by atoms with van der Waals surface area (Å²) < 4.78 is 4.85. The Balaban J connectivity index is 0.00000300. The molecule has 1 aromatic carbocycles. The van der Waals surface area contributed by atoms with Crippen LogP contribution in [0, 0.1) is 6.92 Å². The van der Waals surface area contributed by atoms with E-state index < -0.39 is 13.2 Å². The first-order valence-corrected chi connectivity index (χ1v) is 13.1. The number of carbonyl (C=O) groups excluding carboxylic acids is 1. The fourth-order valence-electron chi connectivity index (χ4n) is 3.85. The van der Waals surface area contributed by atoms with Crippen LogP contribution < -0.4 is 10.4 Å². The molecule has 1 fully saturated rings. The summed E-state index contributed by atoms with van der Waals surface area (Å²) >= 11 is 1.31. The number of thiophene rings is 1. The van der Waals surface area contributed by atoms with Crippen LogP contribution in [0.5, 0.6) is 0 Å². The average Bonchev–Trinajstić information content (AvgIpc) is 2.90. The summed E-state index contributed by atoms with van der Waals surface area (Å²) in [4.78, 5) is 12.5. The normalized spacial score (nSPS) is 16.4. The molecule has 0 unspecified atom stereocenters. The maximum absolute atomic E-state index is 13.0. The van der Waals surface area contributed by atoms with Crippen molar-refractivity contribution < 1.29 is 47.3 Å². The van der Waals surface area contributed by atoms with Crippen LogP contribution in [0.15, 0.2) is 47.4 Å². The molecule has 0 bridgehead atoms. The van der Waals surface area contributed by atoms with E-state index in [0.29, 0.717) is 10.6 Å². The van der Waals surface area contributed by atoms with Gasteiger partial charge in [-0.2, -0.15) is 0 Å². The molecule has 1 aliphatic heterocycles. The van der Waals surface area contributed by atoms with Gasteiger partial charge in [0.1, 0.15) is 4.88 Å². The van der Waals surface area contributed by atoms with Crippen molar-refractivity contribution in [1.29, 1.82) is 0 Å². The predicted octanol–water partition coefficient (Wildman–Crippen LogP) is 5.20. The first kappa shape index (κ1) is 24.5. The first-order chi connectivity index (χ1) is 13.5. The molecule has 1 radical (unpaired) electrons. The van der Waals surface area contributed by atoms with Gasteiger partial charge in [-0.05, 0) is 55.0 Å². The Morgan fingerprint density at radius 1 is 1.21 bits per heavy atom. The van der Waals surface area contributed by atoms with Crippen molar-refractivity contribution in [3.63, 3.8) is 0 Å². The number of methoxy groups -OCH3 is 1. The van der Waals surface area contributed by atoms with Crippen LogP contribution in [0.25, 0.3) is 0 Å². The molecule has 7 heteroatoms. The number of hydrogen-bond acceptors (Lipinski definition) is 5. The van der Waals surface area contributed by atoms with Crippen molar-refractivity contribution in [3.8, 4) is 0 Å². The van der Waals surface area contributed by atoms with E-state index in [1.807, 2.05) is 24.2 Å². The number of anilines is 1. The van der Waals surface area contributed by atoms with Crippen molar-refractivity contribution in [2.45, 2.75) is 38.8 Å². The molecule has 1 N–H and O–H groups in total. The quantitative estimate of drug-likeness (QED) is 0.332. The van der Waals surface area contributed by atoms with Gasteiger partial charge in [0.2, 0.25) is 0 Å². The zero-order valence-corrected chi connectivity index (χ0v) is 21.7. The largest absolute Gasteiger partial charge is 0.858 e. The predicted molar refractivity (Wildman–Crippen MR) is 117 cm³/mol. The van der Waals surface area contributed by atoms with Gasteiger partial charge in [0.15, 0.2) is 0 Å². The summed E-state index contributed by atoms with van der Waals surface area (Å²) in [7, 11) is -0.179. The maximum atomic E-state index is 13.0. The molecule has 1 aromatic heterocycles. The van der Waals surface area contributed by atoms with Crippen LogP contribution in [0.1, 0.15) is 46.5 Å². The van der Waals surface area contributed by atoms with E-state index in [9.17, 15) is 9.90 Å². The molecule has 153 valence electrons. The molecule has 0 aliphatic carbocycles. The van der Waals surface area contributed by atoms with E-state index in [4.69, 9.17) is 4.74 Å². The number of aryl methyl sites for hydroxylation is 1. The summed E-state index contributed by atoms with van der Waals surface area (Å²) in [5.41, 5.74) is 2.79. The van der Waals surface area contributed by atoms with Crippen molar-refractivity contribution in [1.82, 2.24) is 0 Å². The molecule has 3 rings (SSSR count). The van der Waals surface area contributed by atoms with Crippen molar-refractivity contribution >= 4 is 30.3 Å². The minimum atomic E-state index is -1.54. The van der Waals surface area contributed by atoms with Gasteiger partial charge < -0.3 is 15.2 Å². The molecule has 2 aromatic rings. The molecule has 2 heterocycles. The van der Waals surface area contributed by atoms with Crippen molar-refractivity contribution in [3.05, 3.63) is 63.4 Å². The smallest absolute Gasteiger partial charge is 0.350 e.